The van der Waals surface area contributed by atoms with Crippen LogP contribution >= 0.6 is 0 Å². The minimum absolute atomic E-state index is 0.183. The largest absolute Gasteiger partial charge is 0.372 e. The molecule has 0 fully saturated rings. The van der Waals surface area contributed by atoms with E-state index in [9.17, 15) is 0 Å². The summed E-state index contributed by atoms with van der Waals surface area (Å²) in [7, 11) is 0. The van der Waals surface area contributed by atoms with Crippen molar-refractivity contribution < 1.29 is 18.6 Å². The number of benzene rings is 5. The first-order chi connectivity index (χ1) is 27.7. The summed E-state index contributed by atoms with van der Waals surface area (Å²) >= 11 is 0. The second-order valence-electron chi connectivity index (χ2n) is 17.5. The van der Waals surface area contributed by atoms with Gasteiger partial charge >= 0.3 is 0 Å². The maximum absolute atomic E-state index is 6.53. The van der Waals surface area contributed by atoms with E-state index < -0.39 is 0 Å². The van der Waals surface area contributed by atoms with Gasteiger partial charge in [-0.15, -0.1) is 0 Å². The van der Waals surface area contributed by atoms with Gasteiger partial charge in [0, 0.05) is 0 Å². The number of hydrogen-bond donors (Lipinski definition) is 0. The molecule has 0 N–H and O–H groups in total. The van der Waals surface area contributed by atoms with Crippen LogP contribution in [0.15, 0.2) is 72.8 Å². The summed E-state index contributed by atoms with van der Waals surface area (Å²) in [5.74, 6) is 0. The Kier molecular flexibility index (Phi) is 12.1. The van der Waals surface area contributed by atoms with Crippen molar-refractivity contribution in [3.8, 4) is 0 Å². The molecule has 0 saturated heterocycles. The molecule has 6 heteroatoms. The molecule has 2 atom stereocenters. The summed E-state index contributed by atoms with van der Waals surface area (Å²) in [6, 6.07) is 27.5. The van der Waals surface area contributed by atoms with Gasteiger partial charge in [0.25, 0.3) is 0 Å². The van der Waals surface area contributed by atoms with Crippen molar-refractivity contribution in [1.29, 1.82) is 0 Å². The second kappa shape index (κ2) is 17.1. The average Bonchev–Trinajstić information content (AvgIpc) is 3.71. The van der Waals surface area contributed by atoms with Gasteiger partial charge in [-0.25, -0.2) is 19.0 Å². The Labute approximate surface area is 348 Å². The van der Waals surface area contributed by atoms with E-state index in [0.29, 0.717) is 26.4 Å². The minimum atomic E-state index is 0.183. The van der Waals surface area contributed by atoms with Crippen LogP contribution in [-0.2, 0) is 22.7 Å². The first kappa shape index (κ1) is 41.1. The normalized spacial score (nSPS) is 16.7. The van der Waals surface area contributed by atoms with E-state index in [-0.39, 0.29) is 12.1 Å². The number of nitrogens with zero attached hydrogens (tertiary/aromatic N) is 4. The fourth-order valence-corrected chi connectivity index (χ4v) is 10.0. The highest BCUT2D eigenvalue weighted by molar-refractivity contribution is 5.84. The van der Waals surface area contributed by atoms with E-state index in [1.807, 2.05) is 0 Å². The van der Waals surface area contributed by atoms with Crippen molar-refractivity contribution in [2.45, 2.75) is 108 Å². The van der Waals surface area contributed by atoms with Crippen molar-refractivity contribution in [2.24, 2.45) is 0 Å². The molecular weight excluding hydrogens is 713 g/mol. The van der Waals surface area contributed by atoms with Gasteiger partial charge in [-0.2, -0.15) is 0 Å². The molecule has 58 heavy (non-hydrogen) atoms. The third-order valence-electron chi connectivity index (χ3n) is 11.9. The van der Waals surface area contributed by atoms with E-state index >= 15 is 0 Å². The summed E-state index contributed by atoms with van der Waals surface area (Å²) < 4.78 is 17.9. The van der Waals surface area contributed by atoms with Crippen molar-refractivity contribution in [3.63, 3.8) is 0 Å². The molecule has 2 aliphatic heterocycles. The molecule has 0 amide bonds. The smallest absolute Gasteiger partial charge is 0.245 e. The van der Waals surface area contributed by atoms with Crippen molar-refractivity contribution in [1.82, 2.24) is 0 Å². The Morgan fingerprint density at radius 3 is 1.00 bits per heavy atom. The Morgan fingerprint density at radius 1 is 0.431 bits per heavy atom. The summed E-state index contributed by atoms with van der Waals surface area (Å²) in [6.07, 6.45) is 4.62. The third-order valence-corrected chi connectivity index (χ3v) is 11.9. The quantitative estimate of drug-likeness (QED) is 0.118. The van der Waals surface area contributed by atoms with Gasteiger partial charge in [0.2, 0.25) is 12.7 Å². The minimum Gasteiger partial charge on any atom is -0.372 e. The molecule has 0 bridgehead atoms. The first-order valence-electron chi connectivity index (χ1n) is 21.0. The van der Waals surface area contributed by atoms with E-state index in [1.165, 1.54) is 101 Å². The van der Waals surface area contributed by atoms with Gasteiger partial charge in [-0.3, -0.25) is 0 Å². The van der Waals surface area contributed by atoms with Crippen molar-refractivity contribution in [2.75, 3.05) is 36.1 Å². The highest BCUT2D eigenvalue weighted by Gasteiger charge is 2.38. The van der Waals surface area contributed by atoms with Crippen molar-refractivity contribution in [3.05, 3.63) is 151 Å². The standard InChI is InChI=1S/C52H64N4O2/c1-33-17-37(5)49(38(6)18-33)53-25-47(55(31-53)51-41(9)21-35(3)22-42(51)10)29-57-27-45-13-15-46(16-14-45)28-58-30-48-26-54(50-39(7)19-34(2)20-40(50)8)32-56(48)52-43(11)23-36(4)24-44(52)12/h13-24,31-32,47-48H,25-30H2,1-12H3/q+2. The van der Waals surface area contributed by atoms with Gasteiger partial charge in [0.15, 0.2) is 12.1 Å². The van der Waals surface area contributed by atoms with Crippen LogP contribution < -0.4 is 9.80 Å². The lowest BCUT2D eigenvalue weighted by atomic mass is 10.0. The number of ether oxygens (including phenoxy) is 2. The third kappa shape index (κ3) is 8.69. The molecule has 7 rings (SSSR count). The maximum Gasteiger partial charge on any atom is 0.245 e. The first-order valence-corrected chi connectivity index (χ1v) is 21.0. The van der Waals surface area contributed by atoms with Gasteiger partial charge in [0.05, 0.1) is 26.4 Å². The molecule has 0 spiro atoms. The molecule has 5 aromatic rings. The lowest BCUT2D eigenvalue weighted by Gasteiger charge is -2.21. The molecule has 0 aromatic heterocycles. The number of aryl methyl sites for hydroxylation is 12. The number of hydrogen-bond acceptors (Lipinski definition) is 4. The molecule has 5 aromatic carbocycles. The van der Waals surface area contributed by atoms with Crippen LogP contribution in [0.2, 0.25) is 0 Å². The summed E-state index contributed by atoms with van der Waals surface area (Å²) in [4.78, 5) is 4.91. The van der Waals surface area contributed by atoms with Crippen molar-refractivity contribution >= 4 is 35.4 Å². The lowest BCUT2D eigenvalue weighted by molar-refractivity contribution is -0.430. The molecular formula is C52H64N4O2+2. The highest BCUT2D eigenvalue weighted by atomic mass is 16.5. The zero-order chi connectivity index (χ0) is 41.4. The summed E-state index contributed by atoms with van der Waals surface area (Å²) in [6.45, 7) is 30.7. The highest BCUT2D eigenvalue weighted by Crippen LogP contribution is 2.35. The molecule has 302 valence electrons. The molecule has 0 aliphatic carbocycles. The monoisotopic (exact) mass is 777 g/mol. The fourth-order valence-electron chi connectivity index (χ4n) is 10.0. The topological polar surface area (TPSA) is 31.0 Å². The maximum atomic E-state index is 6.53. The van der Waals surface area contributed by atoms with E-state index in [0.717, 1.165) is 13.1 Å². The van der Waals surface area contributed by atoms with Crippen LogP contribution in [0.4, 0.5) is 22.7 Å². The number of anilines is 2. The van der Waals surface area contributed by atoms with E-state index in [1.54, 1.807) is 0 Å². The van der Waals surface area contributed by atoms with Gasteiger partial charge < -0.3 is 9.47 Å². The van der Waals surface area contributed by atoms with E-state index in [2.05, 4.69) is 188 Å². The van der Waals surface area contributed by atoms with Crippen LogP contribution in [0, 0.1) is 83.1 Å². The zero-order valence-corrected chi connectivity index (χ0v) is 37.1. The van der Waals surface area contributed by atoms with Crippen LogP contribution in [0.3, 0.4) is 0 Å². The second-order valence-corrected chi connectivity index (χ2v) is 17.5. The van der Waals surface area contributed by atoms with Gasteiger partial charge in [0.1, 0.15) is 35.8 Å². The Hall–Kier alpha value is -5.04. The molecule has 0 saturated carbocycles. The SMILES string of the molecule is Cc1cc(C)c(N2C=[N+](c3c(C)cc(C)cc3C)CC2COCc2ccc(COCC3C[N+](c4c(C)cc(C)cc4C)=CN3c3c(C)cc(C)cc3C)cc2)c(C)c1. The van der Waals surface area contributed by atoms with Crippen LogP contribution in [0.5, 0.6) is 0 Å². The van der Waals surface area contributed by atoms with Crippen LogP contribution in [0.1, 0.15) is 77.9 Å². The van der Waals surface area contributed by atoms with Gasteiger partial charge in [-0.05, 0) is 139 Å². The molecule has 2 heterocycles. The Morgan fingerprint density at radius 2 is 0.707 bits per heavy atom. The Balaban J connectivity index is 1.00. The molecule has 2 unspecified atom stereocenters. The molecule has 2 aliphatic rings. The zero-order valence-electron chi connectivity index (χ0n) is 37.1. The summed E-state index contributed by atoms with van der Waals surface area (Å²) in [5, 5.41) is 0. The van der Waals surface area contributed by atoms with Gasteiger partial charge in [-0.1, -0.05) is 95.1 Å². The van der Waals surface area contributed by atoms with E-state index in [4.69, 9.17) is 9.47 Å². The summed E-state index contributed by atoms with van der Waals surface area (Å²) in [5.41, 5.74) is 23.1. The predicted molar refractivity (Wildman–Crippen MR) is 243 cm³/mol. The Bertz CT molecular complexity index is 2150. The predicted octanol–water partition coefficient (Wildman–Crippen LogP) is 10.9. The molecule has 0 radical (unpaired) electrons. The lowest BCUT2D eigenvalue weighted by Crippen LogP contribution is -2.36. The number of rotatable bonds is 12. The molecule has 6 nitrogen and oxygen atoms in total. The van der Waals surface area contributed by atoms with Crippen LogP contribution in [0.25, 0.3) is 0 Å². The van der Waals surface area contributed by atoms with Crippen LogP contribution in [-0.4, -0.2) is 60.2 Å². The fraction of sp³-hybridized carbons (Fsp3) is 0.385. The average molecular weight is 777 g/mol.